The van der Waals surface area contributed by atoms with Crippen LogP contribution in [0.4, 0.5) is 13.2 Å². The van der Waals surface area contributed by atoms with Crippen LogP contribution in [0.15, 0.2) is 73.3 Å². The number of ketones is 2. The number of amides is 2. The largest absolute Gasteiger partial charge is 0.450 e. The first-order chi connectivity index (χ1) is 19.4. The highest BCUT2D eigenvalue weighted by Gasteiger charge is 2.45. The molecule has 0 bridgehead atoms. The van der Waals surface area contributed by atoms with Crippen molar-refractivity contribution in [3.8, 4) is 0 Å². The molecule has 0 radical (unpaired) electrons. The van der Waals surface area contributed by atoms with Gasteiger partial charge in [0.1, 0.15) is 18.4 Å². The highest BCUT2D eigenvalue weighted by atomic mass is 35.5. The molecule has 0 aliphatic rings. The van der Waals surface area contributed by atoms with E-state index in [9.17, 15) is 32.3 Å². The topological polar surface area (TPSA) is 118 Å². The number of halogens is 4. The Morgan fingerprint density at radius 1 is 0.927 bits per heavy atom. The van der Waals surface area contributed by atoms with Crippen LogP contribution in [0.25, 0.3) is 0 Å². The van der Waals surface area contributed by atoms with Crippen LogP contribution in [0.5, 0.6) is 0 Å². The Labute approximate surface area is 239 Å². The van der Waals surface area contributed by atoms with Gasteiger partial charge in [-0.3, -0.25) is 19.2 Å². The molecule has 12 heteroatoms. The molecule has 2 amide bonds. The number of hydrogen-bond acceptors (Lipinski definition) is 6. The molecule has 3 rings (SSSR count). The summed E-state index contributed by atoms with van der Waals surface area (Å²) in [5, 5.41) is 5.59. The Bertz CT molecular complexity index is 1370. The number of nitrogens with one attached hydrogen (secondary N) is 2. The molecule has 0 fully saturated rings. The summed E-state index contributed by atoms with van der Waals surface area (Å²) < 4.78 is 39.8. The minimum Gasteiger partial charge on any atom is -0.340 e. The van der Waals surface area contributed by atoms with E-state index in [-0.39, 0.29) is 12.0 Å². The number of alkyl halides is 3. The molecule has 1 aromatic heterocycles. The van der Waals surface area contributed by atoms with Gasteiger partial charge in [-0.2, -0.15) is 13.2 Å². The number of carbonyl (C=O) groups is 4. The van der Waals surface area contributed by atoms with Gasteiger partial charge in [-0.25, -0.2) is 9.97 Å². The van der Waals surface area contributed by atoms with E-state index in [2.05, 4.69) is 20.6 Å². The first-order valence-corrected chi connectivity index (χ1v) is 13.0. The number of rotatable bonds is 12. The van der Waals surface area contributed by atoms with E-state index in [1.54, 1.807) is 42.5 Å². The molecule has 0 saturated carbocycles. The first kappa shape index (κ1) is 31.4. The second-order valence-electron chi connectivity index (χ2n) is 9.72. The SMILES string of the molecule is CC(C)[C@H](CC(=O)[C@@H](NC(=O)[C@@H](Cc1cccc(Cl)c1)NC(=O)c1cncnc1)c1ccccc1)C(=O)C(F)(F)F. The number of aromatic nitrogens is 2. The van der Waals surface area contributed by atoms with Gasteiger partial charge in [0.05, 0.1) is 5.56 Å². The molecular formula is C29H28ClF3N4O4. The number of carbonyl (C=O) groups excluding carboxylic acids is 4. The fourth-order valence-electron chi connectivity index (χ4n) is 4.18. The first-order valence-electron chi connectivity index (χ1n) is 12.7. The molecule has 3 aromatic rings. The van der Waals surface area contributed by atoms with Gasteiger partial charge >= 0.3 is 6.18 Å². The lowest BCUT2D eigenvalue weighted by atomic mass is 9.84. The molecule has 216 valence electrons. The van der Waals surface area contributed by atoms with Crippen LogP contribution in [-0.4, -0.2) is 45.6 Å². The third-order valence-electron chi connectivity index (χ3n) is 6.36. The summed E-state index contributed by atoms with van der Waals surface area (Å²) in [6.07, 6.45) is -2.14. The van der Waals surface area contributed by atoms with E-state index in [1.165, 1.54) is 44.7 Å². The maximum atomic E-state index is 13.6. The van der Waals surface area contributed by atoms with Gasteiger partial charge in [0.15, 0.2) is 5.78 Å². The van der Waals surface area contributed by atoms with Crippen molar-refractivity contribution in [3.63, 3.8) is 0 Å². The van der Waals surface area contributed by atoms with Gasteiger partial charge in [-0.05, 0) is 29.2 Å². The summed E-state index contributed by atoms with van der Waals surface area (Å²) in [6.45, 7) is 2.84. The lowest BCUT2D eigenvalue weighted by molar-refractivity contribution is -0.177. The molecule has 0 spiro atoms. The van der Waals surface area contributed by atoms with Crippen LogP contribution in [0.3, 0.4) is 0 Å². The van der Waals surface area contributed by atoms with Gasteiger partial charge in [0.25, 0.3) is 5.91 Å². The van der Waals surface area contributed by atoms with Crippen molar-refractivity contribution in [3.05, 3.63) is 95.0 Å². The zero-order valence-electron chi connectivity index (χ0n) is 22.2. The second kappa shape index (κ2) is 14.0. The van der Waals surface area contributed by atoms with Crippen molar-refractivity contribution in [1.29, 1.82) is 0 Å². The number of benzene rings is 2. The van der Waals surface area contributed by atoms with Crippen LogP contribution in [0, 0.1) is 11.8 Å². The standard InChI is InChI=1S/C29H28ClF3N4O4/c1-17(2)22(26(39)29(31,32)33)13-24(38)25(19-8-4-3-5-9-19)37-28(41)23(12-18-7-6-10-21(30)11-18)36-27(40)20-14-34-16-35-15-20/h3-11,14-17,22-23,25H,12-13H2,1-2H3,(H,36,40)(H,37,41)/t22-,23+,25-/m0/s1. The molecular weight excluding hydrogens is 561 g/mol. The monoisotopic (exact) mass is 588 g/mol. The Hall–Kier alpha value is -4.12. The summed E-state index contributed by atoms with van der Waals surface area (Å²) in [6, 6.07) is 11.9. The van der Waals surface area contributed by atoms with Crippen molar-refractivity contribution < 1.29 is 32.3 Å². The predicted octanol–water partition coefficient (Wildman–Crippen LogP) is 4.69. The quantitative estimate of drug-likeness (QED) is 0.317. The zero-order valence-corrected chi connectivity index (χ0v) is 22.9. The third-order valence-corrected chi connectivity index (χ3v) is 6.59. The summed E-state index contributed by atoms with van der Waals surface area (Å²) in [4.78, 5) is 59.6. The average Bonchev–Trinajstić information content (AvgIpc) is 2.94. The molecule has 2 aromatic carbocycles. The van der Waals surface area contributed by atoms with Gasteiger partial charge in [0, 0.05) is 36.2 Å². The average molecular weight is 589 g/mol. The minimum atomic E-state index is -5.12. The van der Waals surface area contributed by atoms with Gasteiger partial charge in [-0.1, -0.05) is 67.9 Å². The second-order valence-corrected chi connectivity index (χ2v) is 10.2. The zero-order chi connectivity index (χ0) is 30.2. The Morgan fingerprint density at radius 2 is 1.59 bits per heavy atom. The third kappa shape index (κ3) is 8.94. The van der Waals surface area contributed by atoms with Gasteiger partial charge in [-0.15, -0.1) is 0 Å². The Kier molecular flexibility index (Phi) is 10.7. The fraction of sp³-hybridized carbons (Fsp3) is 0.310. The molecule has 8 nitrogen and oxygen atoms in total. The highest BCUT2D eigenvalue weighted by Crippen LogP contribution is 2.30. The van der Waals surface area contributed by atoms with Crippen molar-refractivity contribution >= 4 is 35.0 Å². The summed E-state index contributed by atoms with van der Waals surface area (Å²) in [5.41, 5.74) is 0.982. The van der Waals surface area contributed by atoms with Crippen LogP contribution in [0.2, 0.25) is 5.02 Å². The molecule has 1 heterocycles. The summed E-state index contributed by atoms with van der Waals surface area (Å²) >= 11 is 6.09. The fourth-order valence-corrected chi connectivity index (χ4v) is 4.39. The molecule has 0 saturated heterocycles. The molecule has 3 atom stereocenters. The molecule has 0 unspecified atom stereocenters. The van der Waals surface area contributed by atoms with Gasteiger partial charge in [0.2, 0.25) is 11.7 Å². The van der Waals surface area contributed by atoms with Crippen LogP contribution in [-0.2, 0) is 20.8 Å². The normalized spacial score (nSPS) is 13.6. The maximum absolute atomic E-state index is 13.6. The van der Waals surface area contributed by atoms with Gasteiger partial charge < -0.3 is 10.6 Å². The number of nitrogens with zero attached hydrogens (tertiary/aromatic N) is 2. The Morgan fingerprint density at radius 3 is 2.17 bits per heavy atom. The predicted molar refractivity (Wildman–Crippen MR) is 145 cm³/mol. The maximum Gasteiger partial charge on any atom is 0.450 e. The summed E-state index contributed by atoms with van der Waals surface area (Å²) in [7, 11) is 0. The molecule has 2 N–H and O–H groups in total. The van der Waals surface area contributed by atoms with E-state index < -0.39 is 59.9 Å². The van der Waals surface area contributed by atoms with Crippen molar-refractivity contribution in [1.82, 2.24) is 20.6 Å². The smallest absolute Gasteiger partial charge is 0.340 e. The molecule has 0 aliphatic carbocycles. The van der Waals surface area contributed by atoms with Crippen molar-refractivity contribution in [2.24, 2.45) is 11.8 Å². The lowest BCUT2D eigenvalue weighted by Gasteiger charge is -2.26. The van der Waals surface area contributed by atoms with Crippen LogP contribution >= 0.6 is 11.6 Å². The van der Waals surface area contributed by atoms with E-state index in [4.69, 9.17) is 11.6 Å². The van der Waals surface area contributed by atoms with Crippen LogP contribution in [0.1, 0.15) is 47.8 Å². The molecule has 0 aliphatic heterocycles. The minimum absolute atomic E-state index is 0.0251. The van der Waals surface area contributed by atoms with E-state index in [0.29, 0.717) is 16.1 Å². The van der Waals surface area contributed by atoms with E-state index in [0.717, 1.165) is 0 Å². The number of Topliss-reactive ketones (excluding diaryl/α,β-unsaturated/α-hetero) is 2. The van der Waals surface area contributed by atoms with Crippen LogP contribution < -0.4 is 10.6 Å². The highest BCUT2D eigenvalue weighted by molar-refractivity contribution is 6.30. The van der Waals surface area contributed by atoms with Crippen molar-refractivity contribution in [2.45, 2.75) is 44.9 Å². The summed E-state index contributed by atoms with van der Waals surface area (Å²) in [5.74, 6) is -6.65. The van der Waals surface area contributed by atoms with E-state index >= 15 is 0 Å². The number of hydrogen-bond donors (Lipinski definition) is 2. The lowest BCUT2D eigenvalue weighted by Crippen LogP contribution is -2.50. The Balaban J connectivity index is 1.92. The van der Waals surface area contributed by atoms with E-state index in [1.807, 2.05) is 0 Å². The van der Waals surface area contributed by atoms with Crippen molar-refractivity contribution in [2.75, 3.05) is 0 Å². The molecule has 41 heavy (non-hydrogen) atoms.